The van der Waals surface area contributed by atoms with Crippen molar-refractivity contribution in [3.8, 4) is 0 Å². The van der Waals surface area contributed by atoms with Gasteiger partial charge in [-0.2, -0.15) is 0 Å². The van der Waals surface area contributed by atoms with E-state index in [0.717, 1.165) is 29.9 Å². The van der Waals surface area contributed by atoms with Gasteiger partial charge in [-0.25, -0.2) is 4.79 Å². The Bertz CT molecular complexity index is 560. The second kappa shape index (κ2) is 5.85. The molecule has 5 rings (SSSR count). The molecular formula is C20H28N2O. The third kappa shape index (κ3) is 3.24. The van der Waals surface area contributed by atoms with Gasteiger partial charge < -0.3 is 10.6 Å². The van der Waals surface area contributed by atoms with Gasteiger partial charge in [-0.3, -0.25) is 0 Å². The maximum atomic E-state index is 12.2. The van der Waals surface area contributed by atoms with Gasteiger partial charge in [0, 0.05) is 13.1 Å². The SMILES string of the molecule is Cc1cccc(CNC(=O)NCC23CC4CC(CC(C4)C2)C3)c1. The molecule has 0 unspecified atom stereocenters. The molecule has 3 heteroatoms. The van der Waals surface area contributed by atoms with Crippen molar-refractivity contribution in [2.45, 2.75) is 52.0 Å². The van der Waals surface area contributed by atoms with Crippen LogP contribution in [-0.4, -0.2) is 12.6 Å². The summed E-state index contributed by atoms with van der Waals surface area (Å²) < 4.78 is 0. The predicted octanol–water partition coefficient (Wildman–Crippen LogP) is 4.01. The molecule has 0 spiro atoms. The van der Waals surface area contributed by atoms with E-state index >= 15 is 0 Å². The standard InChI is InChI=1S/C20H28N2O/c1-14-3-2-4-15(5-14)12-21-19(23)22-13-20-9-16-6-17(10-20)8-18(7-16)11-20/h2-5,16-18H,6-13H2,1H3,(H2,21,22,23). The number of aryl methyl sites for hydroxylation is 1. The number of rotatable bonds is 4. The minimum absolute atomic E-state index is 0.0118. The molecule has 0 aliphatic heterocycles. The van der Waals surface area contributed by atoms with E-state index < -0.39 is 0 Å². The zero-order valence-corrected chi connectivity index (χ0v) is 14.1. The number of amides is 2. The summed E-state index contributed by atoms with van der Waals surface area (Å²) in [5.74, 6) is 2.83. The molecule has 1 aromatic carbocycles. The van der Waals surface area contributed by atoms with Gasteiger partial charge >= 0.3 is 6.03 Å². The summed E-state index contributed by atoms with van der Waals surface area (Å²) in [6.45, 7) is 3.56. The normalized spacial score (nSPS) is 34.4. The third-order valence-corrected chi connectivity index (χ3v) is 6.32. The van der Waals surface area contributed by atoms with Crippen LogP contribution in [0, 0.1) is 30.1 Å². The van der Waals surface area contributed by atoms with Crippen molar-refractivity contribution in [2.24, 2.45) is 23.2 Å². The highest BCUT2D eigenvalue weighted by Gasteiger charge is 2.50. The van der Waals surface area contributed by atoms with Gasteiger partial charge in [0.25, 0.3) is 0 Å². The van der Waals surface area contributed by atoms with Crippen molar-refractivity contribution >= 4 is 6.03 Å². The Kier molecular flexibility index (Phi) is 3.82. The largest absolute Gasteiger partial charge is 0.338 e. The first kappa shape index (κ1) is 15.0. The fourth-order valence-corrected chi connectivity index (χ4v) is 5.84. The monoisotopic (exact) mass is 312 g/mol. The number of nitrogens with one attached hydrogen (secondary N) is 2. The Morgan fingerprint density at radius 2 is 1.74 bits per heavy atom. The Morgan fingerprint density at radius 1 is 1.09 bits per heavy atom. The van der Waals surface area contributed by atoms with Crippen molar-refractivity contribution < 1.29 is 4.79 Å². The molecule has 0 atom stereocenters. The van der Waals surface area contributed by atoms with Gasteiger partial charge in [0.05, 0.1) is 0 Å². The highest BCUT2D eigenvalue weighted by atomic mass is 16.2. The summed E-state index contributed by atoms with van der Waals surface area (Å²) in [4.78, 5) is 12.2. The first-order valence-electron chi connectivity index (χ1n) is 9.17. The number of hydrogen-bond donors (Lipinski definition) is 2. The second-order valence-electron chi connectivity index (χ2n) is 8.44. The van der Waals surface area contributed by atoms with Crippen LogP contribution in [0.1, 0.15) is 49.7 Å². The lowest BCUT2D eigenvalue weighted by atomic mass is 9.49. The van der Waals surface area contributed by atoms with Crippen LogP contribution in [-0.2, 0) is 6.54 Å². The van der Waals surface area contributed by atoms with Gasteiger partial charge in [-0.15, -0.1) is 0 Å². The lowest BCUT2D eigenvalue weighted by Gasteiger charge is -2.56. The summed E-state index contributed by atoms with van der Waals surface area (Å²) in [7, 11) is 0. The van der Waals surface area contributed by atoms with Crippen molar-refractivity contribution in [3.63, 3.8) is 0 Å². The summed E-state index contributed by atoms with van der Waals surface area (Å²) in [5, 5.41) is 6.18. The molecule has 0 heterocycles. The number of hydrogen-bond acceptors (Lipinski definition) is 1. The molecule has 0 radical (unpaired) electrons. The van der Waals surface area contributed by atoms with Crippen LogP contribution in [0.15, 0.2) is 24.3 Å². The molecule has 1 aromatic rings. The Labute approximate surface area is 139 Å². The predicted molar refractivity (Wildman–Crippen MR) is 92.0 cm³/mol. The topological polar surface area (TPSA) is 41.1 Å². The van der Waals surface area contributed by atoms with Gasteiger partial charge in [-0.05, 0) is 74.2 Å². The molecular weight excluding hydrogens is 284 g/mol. The molecule has 4 aliphatic rings. The third-order valence-electron chi connectivity index (χ3n) is 6.32. The van der Waals surface area contributed by atoms with Crippen LogP contribution < -0.4 is 10.6 Å². The van der Waals surface area contributed by atoms with Crippen molar-refractivity contribution in [1.82, 2.24) is 10.6 Å². The summed E-state index contributed by atoms with van der Waals surface area (Å²) in [6.07, 6.45) is 8.40. The average molecular weight is 312 g/mol. The minimum atomic E-state index is -0.0118. The molecule has 23 heavy (non-hydrogen) atoms. The average Bonchev–Trinajstić information content (AvgIpc) is 2.50. The minimum Gasteiger partial charge on any atom is -0.338 e. The Hall–Kier alpha value is -1.51. The number of carbonyl (C=O) groups excluding carboxylic acids is 1. The van der Waals surface area contributed by atoms with E-state index in [9.17, 15) is 4.79 Å². The molecule has 124 valence electrons. The van der Waals surface area contributed by atoms with Gasteiger partial charge in [-0.1, -0.05) is 29.8 Å². The smallest absolute Gasteiger partial charge is 0.315 e. The van der Waals surface area contributed by atoms with Crippen LogP contribution in [0.3, 0.4) is 0 Å². The van der Waals surface area contributed by atoms with Crippen LogP contribution >= 0.6 is 0 Å². The van der Waals surface area contributed by atoms with Crippen molar-refractivity contribution in [1.29, 1.82) is 0 Å². The summed E-state index contributed by atoms with van der Waals surface area (Å²) in [6, 6.07) is 8.30. The van der Waals surface area contributed by atoms with E-state index in [-0.39, 0.29) is 6.03 Å². The molecule has 2 N–H and O–H groups in total. The lowest BCUT2D eigenvalue weighted by molar-refractivity contribution is -0.0498. The van der Waals surface area contributed by atoms with E-state index in [2.05, 4.69) is 35.8 Å². The quantitative estimate of drug-likeness (QED) is 0.866. The van der Waals surface area contributed by atoms with Crippen molar-refractivity contribution in [3.05, 3.63) is 35.4 Å². The number of urea groups is 1. The molecule has 4 aliphatic carbocycles. The van der Waals surface area contributed by atoms with Crippen LogP contribution in [0.2, 0.25) is 0 Å². The molecule has 4 fully saturated rings. The lowest BCUT2D eigenvalue weighted by Crippen LogP contribution is -2.52. The zero-order chi connectivity index (χ0) is 15.9. The second-order valence-corrected chi connectivity index (χ2v) is 8.44. The van der Waals surface area contributed by atoms with Crippen LogP contribution in [0.5, 0.6) is 0 Å². The van der Waals surface area contributed by atoms with E-state index in [1.54, 1.807) is 0 Å². The highest BCUT2D eigenvalue weighted by molar-refractivity contribution is 5.73. The highest BCUT2D eigenvalue weighted by Crippen LogP contribution is 2.59. The molecule has 2 amide bonds. The van der Waals surface area contributed by atoms with E-state index in [1.165, 1.54) is 44.1 Å². The van der Waals surface area contributed by atoms with Gasteiger partial charge in [0.1, 0.15) is 0 Å². The summed E-state index contributed by atoms with van der Waals surface area (Å²) in [5.41, 5.74) is 2.81. The Balaban J connectivity index is 1.28. The maximum absolute atomic E-state index is 12.2. The molecule has 0 aromatic heterocycles. The maximum Gasteiger partial charge on any atom is 0.315 e. The van der Waals surface area contributed by atoms with Gasteiger partial charge in [0.15, 0.2) is 0 Å². The van der Waals surface area contributed by atoms with Gasteiger partial charge in [0.2, 0.25) is 0 Å². The van der Waals surface area contributed by atoms with Crippen LogP contribution in [0.4, 0.5) is 4.79 Å². The van der Waals surface area contributed by atoms with Crippen LogP contribution in [0.25, 0.3) is 0 Å². The summed E-state index contributed by atoms with van der Waals surface area (Å²) >= 11 is 0. The molecule has 4 bridgehead atoms. The Morgan fingerprint density at radius 3 is 2.35 bits per heavy atom. The fourth-order valence-electron chi connectivity index (χ4n) is 5.84. The van der Waals surface area contributed by atoms with E-state index in [1.807, 2.05) is 6.07 Å². The first-order valence-corrected chi connectivity index (χ1v) is 9.17. The van der Waals surface area contributed by atoms with Crippen molar-refractivity contribution in [2.75, 3.05) is 6.54 Å². The number of benzene rings is 1. The molecule has 0 saturated heterocycles. The number of carbonyl (C=O) groups is 1. The fraction of sp³-hybridized carbons (Fsp3) is 0.650. The van der Waals surface area contributed by atoms with E-state index in [4.69, 9.17) is 0 Å². The molecule has 3 nitrogen and oxygen atoms in total. The van der Waals surface area contributed by atoms with E-state index in [0.29, 0.717) is 12.0 Å². The molecule has 4 saturated carbocycles. The zero-order valence-electron chi connectivity index (χ0n) is 14.1. The first-order chi connectivity index (χ1) is 11.1.